The van der Waals surface area contributed by atoms with Gasteiger partial charge < -0.3 is 10.1 Å². The van der Waals surface area contributed by atoms with Crippen molar-refractivity contribution in [2.24, 2.45) is 0 Å². The molecule has 0 saturated carbocycles. The molecule has 3 amide bonds. The fraction of sp³-hybridized carbons (Fsp3) is 0.500. The van der Waals surface area contributed by atoms with Gasteiger partial charge in [0.15, 0.2) is 0 Å². The molecule has 2 atom stereocenters. The molecule has 1 heterocycles. The van der Waals surface area contributed by atoms with Gasteiger partial charge in [0.05, 0.1) is 22.8 Å². The Balaban J connectivity index is 2.10. The molecule has 136 valence electrons. The van der Waals surface area contributed by atoms with E-state index in [0.717, 1.165) is 4.90 Å². The quantitative estimate of drug-likeness (QED) is 0.753. The SMILES string of the molecule is CCOc1ccccc1NC(=O)CN1C(=O)[C@@H](CC)S[C@H](CC)C1=O. The molecule has 7 heteroatoms. The first kappa shape index (κ1) is 19.3. The Kier molecular flexibility index (Phi) is 6.87. The van der Waals surface area contributed by atoms with Gasteiger partial charge in [-0.25, -0.2) is 0 Å². The summed E-state index contributed by atoms with van der Waals surface area (Å²) in [6.07, 6.45) is 1.27. The average molecular weight is 364 g/mol. The number of nitrogens with one attached hydrogen (secondary N) is 1. The van der Waals surface area contributed by atoms with Crippen molar-refractivity contribution < 1.29 is 19.1 Å². The Morgan fingerprint density at radius 2 is 1.72 bits per heavy atom. The van der Waals surface area contributed by atoms with Crippen LogP contribution in [0.4, 0.5) is 5.69 Å². The summed E-state index contributed by atoms with van der Waals surface area (Å²) in [6, 6.07) is 7.08. The largest absolute Gasteiger partial charge is 0.492 e. The lowest BCUT2D eigenvalue weighted by molar-refractivity contribution is -0.147. The number of thioether (sulfide) groups is 1. The number of rotatable bonds is 7. The predicted octanol–water partition coefficient (Wildman–Crippen LogP) is 2.68. The highest BCUT2D eigenvalue weighted by molar-refractivity contribution is 8.02. The van der Waals surface area contributed by atoms with Gasteiger partial charge in [-0.2, -0.15) is 0 Å². The zero-order valence-electron chi connectivity index (χ0n) is 14.8. The fourth-order valence-corrected chi connectivity index (χ4v) is 3.92. The number of para-hydroxylation sites is 2. The number of ether oxygens (including phenoxy) is 1. The summed E-state index contributed by atoms with van der Waals surface area (Å²) in [5.41, 5.74) is 0.528. The number of hydrogen-bond donors (Lipinski definition) is 1. The van der Waals surface area contributed by atoms with Gasteiger partial charge in [-0.05, 0) is 31.9 Å². The fourth-order valence-electron chi connectivity index (χ4n) is 2.65. The molecule has 0 bridgehead atoms. The number of carbonyl (C=O) groups is 3. The molecule has 1 saturated heterocycles. The molecule has 0 radical (unpaired) electrons. The molecule has 0 aliphatic carbocycles. The predicted molar refractivity (Wildman–Crippen MR) is 98.7 cm³/mol. The number of nitrogens with zero attached hydrogens (tertiary/aromatic N) is 1. The van der Waals surface area contributed by atoms with Gasteiger partial charge in [0.2, 0.25) is 17.7 Å². The standard InChI is InChI=1S/C18H24N2O4S/c1-4-14-17(22)20(18(23)15(5-2)25-14)11-16(21)19-12-9-7-8-10-13(12)24-6-3/h7-10,14-15H,4-6,11H2,1-3H3,(H,19,21)/t14-,15-/m1/s1. The van der Waals surface area contributed by atoms with Crippen molar-refractivity contribution in [3.63, 3.8) is 0 Å². The third kappa shape index (κ3) is 4.54. The highest BCUT2D eigenvalue weighted by atomic mass is 32.2. The molecule has 0 spiro atoms. The van der Waals surface area contributed by atoms with Crippen LogP contribution in [-0.2, 0) is 14.4 Å². The minimum absolute atomic E-state index is 0.272. The van der Waals surface area contributed by atoms with Crippen molar-refractivity contribution in [2.75, 3.05) is 18.5 Å². The first-order valence-electron chi connectivity index (χ1n) is 8.54. The Labute approximate surface area is 152 Å². The summed E-state index contributed by atoms with van der Waals surface area (Å²) >= 11 is 1.40. The molecule has 6 nitrogen and oxygen atoms in total. The first-order valence-corrected chi connectivity index (χ1v) is 9.48. The van der Waals surface area contributed by atoms with Gasteiger partial charge in [0, 0.05) is 0 Å². The van der Waals surface area contributed by atoms with Crippen LogP contribution in [-0.4, -0.2) is 46.3 Å². The molecule has 25 heavy (non-hydrogen) atoms. The maximum absolute atomic E-state index is 12.5. The Morgan fingerprint density at radius 3 is 2.28 bits per heavy atom. The van der Waals surface area contributed by atoms with E-state index in [1.807, 2.05) is 26.8 Å². The van der Waals surface area contributed by atoms with Gasteiger partial charge in [0.25, 0.3) is 0 Å². The van der Waals surface area contributed by atoms with Gasteiger partial charge in [0.1, 0.15) is 12.3 Å². The summed E-state index contributed by atoms with van der Waals surface area (Å²) in [7, 11) is 0. The van der Waals surface area contributed by atoms with Crippen molar-refractivity contribution in [1.29, 1.82) is 0 Å². The molecule has 1 fully saturated rings. The molecule has 1 N–H and O–H groups in total. The van der Waals surface area contributed by atoms with Gasteiger partial charge in [-0.15, -0.1) is 11.8 Å². The Bertz CT molecular complexity index is 628. The smallest absolute Gasteiger partial charge is 0.244 e. The van der Waals surface area contributed by atoms with Crippen LogP contribution >= 0.6 is 11.8 Å². The van der Waals surface area contributed by atoms with E-state index >= 15 is 0 Å². The minimum Gasteiger partial charge on any atom is -0.492 e. The number of imide groups is 1. The molecule has 1 aliphatic rings. The second-order valence-electron chi connectivity index (χ2n) is 5.67. The van der Waals surface area contributed by atoms with Gasteiger partial charge in [-0.3, -0.25) is 19.3 Å². The third-order valence-corrected chi connectivity index (χ3v) is 5.64. The average Bonchev–Trinajstić information content (AvgIpc) is 2.61. The monoisotopic (exact) mass is 364 g/mol. The van der Waals surface area contributed by atoms with Crippen LogP contribution in [0.1, 0.15) is 33.6 Å². The summed E-state index contributed by atoms with van der Waals surface area (Å²) < 4.78 is 5.47. The number of anilines is 1. The normalized spacial score (nSPS) is 20.5. The zero-order valence-corrected chi connectivity index (χ0v) is 15.6. The lowest BCUT2D eigenvalue weighted by Crippen LogP contribution is -2.53. The zero-order chi connectivity index (χ0) is 18.4. The van der Waals surface area contributed by atoms with Crippen LogP contribution < -0.4 is 10.1 Å². The molecule has 0 unspecified atom stereocenters. The van der Waals surface area contributed by atoms with E-state index in [1.165, 1.54) is 11.8 Å². The molecule has 0 aromatic heterocycles. The number of benzene rings is 1. The Morgan fingerprint density at radius 1 is 1.12 bits per heavy atom. The molecule has 1 aromatic rings. The lowest BCUT2D eigenvalue weighted by atomic mass is 10.2. The summed E-state index contributed by atoms with van der Waals surface area (Å²) in [5.74, 6) is -0.417. The van der Waals surface area contributed by atoms with Crippen LogP contribution in [0.5, 0.6) is 5.75 Å². The number of hydrogen-bond acceptors (Lipinski definition) is 5. The molecule has 1 aromatic carbocycles. The van der Waals surface area contributed by atoms with Gasteiger partial charge in [-0.1, -0.05) is 26.0 Å². The number of amides is 3. The lowest BCUT2D eigenvalue weighted by Gasteiger charge is -2.34. The van der Waals surface area contributed by atoms with E-state index in [9.17, 15) is 14.4 Å². The van der Waals surface area contributed by atoms with Gasteiger partial charge >= 0.3 is 0 Å². The molecule has 1 aliphatic heterocycles. The summed E-state index contributed by atoms with van der Waals surface area (Å²) in [5, 5.41) is 2.19. The van der Waals surface area contributed by atoms with Crippen LogP contribution in [0, 0.1) is 0 Å². The molecule has 2 rings (SSSR count). The van der Waals surface area contributed by atoms with Crippen molar-refractivity contribution >= 4 is 35.2 Å². The van der Waals surface area contributed by atoms with Crippen LogP contribution in [0.25, 0.3) is 0 Å². The van der Waals surface area contributed by atoms with E-state index in [1.54, 1.807) is 18.2 Å². The van der Waals surface area contributed by atoms with E-state index in [4.69, 9.17) is 4.74 Å². The van der Waals surface area contributed by atoms with Crippen LogP contribution in [0.3, 0.4) is 0 Å². The van der Waals surface area contributed by atoms with Crippen molar-refractivity contribution in [3.05, 3.63) is 24.3 Å². The topological polar surface area (TPSA) is 75.7 Å². The molecular formula is C18H24N2O4S. The van der Waals surface area contributed by atoms with Crippen molar-refractivity contribution in [3.8, 4) is 5.75 Å². The van der Waals surface area contributed by atoms with Crippen molar-refractivity contribution in [1.82, 2.24) is 4.90 Å². The second-order valence-corrected chi connectivity index (χ2v) is 7.08. The summed E-state index contributed by atoms with van der Waals surface area (Å²) in [4.78, 5) is 38.4. The second kappa shape index (κ2) is 8.89. The van der Waals surface area contributed by atoms with E-state index in [2.05, 4.69) is 5.32 Å². The minimum atomic E-state index is -0.412. The molecular weight excluding hydrogens is 340 g/mol. The maximum Gasteiger partial charge on any atom is 0.244 e. The first-order chi connectivity index (χ1) is 12.0. The maximum atomic E-state index is 12.5. The highest BCUT2D eigenvalue weighted by Gasteiger charge is 2.40. The Hall–Kier alpha value is -2.02. The van der Waals surface area contributed by atoms with Crippen molar-refractivity contribution in [2.45, 2.75) is 44.1 Å². The van der Waals surface area contributed by atoms with Crippen LogP contribution in [0.2, 0.25) is 0 Å². The van der Waals surface area contributed by atoms with E-state index in [0.29, 0.717) is 30.9 Å². The number of carbonyl (C=O) groups excluding carboxylic acids is 3. The van der Waals surface area contributed by atoms with E-state index in [-0.39, 0.29) is 28.9 Å². The third-order valence-electron chi connectivity index (χ3n) is 3.92. The summed E-state index contributed by atoms with van der Waals surface area (Å²) in [6.45, 7) is 5.88. The van der Waals surface area contributed by atoms with Crippen LogP contribution in [0.15, 0.2) is 24.3 Å². The van der Waals surface area contributed by atoms with E-state index < -0.39 is 5.91 Å². The highest BCUT2D eigenvalue weighted by Crippen LogP contribution is 2.31.